The molecule has 1 heterocycles. The van der Waals surface area contributed by atoms with Crippen LogP contribution < -0.4 is 10.0 Å². The van der Waals surface area contributed by atoms with Gasteiger partial charge in [0.2, 0.25) is 0 Å². The Morgan fingerprint density at radius 2 is 1.74 bits per heavy atom. The van der Waals surface area contributed by atoms with E-state index in [2.05, 4.69) is 21.9 Å². The van der Waals surface area contributed by atoms with Crippen molar-refractivity contribution in [2.75, 3.05) is 16.6 Å². The third-order valence-corrected chi connectivity index (χ3v) is 5.11. The minimum Gasteiger partial charge on any atom is -0.384 e. The highest BCUT2D eigenvalue weighted by atomic mass is 32.2. The van der Waals surface area contributed by atoms with Gasteiger partial charge in [0.15, 0.2) is 0 Å². The lowest BCUT2D eigenvalue weighted by molar-refractivity contribution is 0.600. The van der Waals surface area contributed by atoms with E-state index in [1.807, 2.05) is 25.1 Å². The van der Waals surface area contributed by atoms with Crippen LogP contribution in [0.25, 0.3) is 0 Å². The van der Waals surface area contributed by atoms with Crippen LogP contribution in [0.4, 0.5) is 11.5 Å². The summed E-state index contributed by atoms with van der Waals surface area (Å²) in [5.74, 6) is 0.312. The Morgan fingerprint density at radius 3 is 2.26 bits per heavy atom. The van der Waals surface area contributed by atoms with Crippen molar-refractivity contribution in [2.45, 2.75) is 39.0 Å². The van der Waals surface area contributed by atoms with Gasteiger partial charge in [0.05, 0.1) is 16.8 Å². The quantitative estimate of drug-likeness (QED) is 0.847. The van der Waals surface area contributed by atoms with Crippen LogP contribution in [0.1, 0.15) is 30.0 Å². The molecular weight excluding hydrogens is 310 g/mol. The molecule has 0 bridgehead atoms. The van der Waals surface area contributed by atoms with Gasteiger partial charge in [-0.3, -0.25) is 4.72 Å². The maximum Gasteiger partial charge on any atom is 0.263 e. The first kappa shape index (κ1) is 17.3. The summed E-state index contributed by atoms with van der Waals surface area (Å²) >= 11 is 0. The van der Waals surface area contributed by atoms with Gasteiger partial charge in [-0.1, -0.05) is 24.6 Å². The molecule has 2 aromatic rings. The summed E-state index contributed by atoms with van der Waals surface area (Å²) in [6.07, 6.45) is 2.64. The van der Waals surface area contributed by atoms with Gasteiger partial charge in [0.1, 0.15) is 5.82 Å². The molecular formula is C17H23N3O2S. The number of benzene rings is 1. The van der Waals surface area contributed by atoms with Gasteiger partial charge >= 0.3 is 0 Å². The van der Waals surface area contributed by atoms with Crippen molar-refractivity contribution in [3.05, 3.63) is 47.2 Å². The Morgan fingerprint density at radius 1 is 1.09 bits per heavy atom. The first-order chi connectivity index (χ1) is 10.8. The van der Waals surface area contributed by atoms with Gasteiger partial charge in [-0.15, -0.1) is 0 Å². The van der Waals surface area contributed by atoms with Crippen molar-refractivity contribution in [2.24, 2.45) is 0 Å². The fraction of sp³-hybridized carbons (Fsp3) is 0.353. The highest BCUT2D eigenvalue weighted by Crippen LogP contribution is 2.24. The Bertz CT molecular complexity index is 761. The summed E-state index contributed by atoms with van der Waals surface area (Å²) in [4.78, 5) is 4.48. The first-order valence-corrected chi connectivity index (χ1v) is 9.12. The molecule has 0 atom stereocenters. The van der Waals surface area contributed by atoms with E-state index in [4.69, 9.17) is 0 Å². The van der Waals surface area contributed by atoms with Crippen molar-refractivity contribution < 1.29 is 8.42 Å². The largest absolute Gasteiger partial charge is 0.384 e. The average Bonchev–Trinajstić information content (AvgIpc) is 2.44. The number of aromatic nitrogens is 1. The highest BCUT2D eigenvalue weighted by molar-refractivity contribution is 7.92. The molecule has 0 radical (unpaired) electrons. The molecule has 124 valence electrons. The second-order valence-electron chi connectivity index (χ2n) is 5.69. The van der Waals surface area contributed by atoms with E-state index in [9.17, 15) is 8.42 Å². The molecule has 1 aromatic carbocycles. The molecule has 2 N–H and O–H groups in total. The summed E-state index contributed by atoms with van der Waals surface area (Å²) in [5, 5.41) is 3.20. The Balaban J connectivity index is 2.25. The molecule has 23 heavy (non-hydrogen) atoms. The lowest BCUT2D eigenvalue weighted by Gasteiger charge is -2.13. The van der Waals surface area contributed by atoms with Crippen LogP contribution in [0.2, 0.25) is 0 Å². The van der Waals surface area contributed by atoms with Crippen molar-refractivity contribution in [1.29, 1.82) is 0 Å². The highest BCUT2D eigenvalue weighted by Gasteiger charge is 2.20. The number of rotatable bonds is 6. The molecule has 0 saturated heterocycles. The van der Waals surface area contributed by atoms with E-state index in [0.717, 1.165) is 35.3 Å². The molecule has 1 aromatic heterocycles. The Hall–Kier alpha value is -2.08. The third kappa shape index (κ3) is 4.22. The molecule has 0 fully saturated rings. The smallest absolute Gasteiger partial charge is 0.263 e. The van der Waals surface area contributed by atoms with Gasteiger partial charge in [-0.2, -0.15) is 0 Å². The molecule has 0 aliphatic heterocycles. The molecule has 5 nitrogen and oxygen atoms in total. The van der Waals surface area contributed by atoms with E-state index < -0.39 is 10.0 Å². The minimum absolute atomic E-state index is 0.312. The SMILES string of the molecule is CCCNc1ccc(NS(=O)(=O)c2c(C)cc(C)cc2C)nc1. The predicted molar refractivity (Wildman–Crippen MR) is 94.5 cm³/mol. The molecule has 0 spiro atoms. The maximum atomic E-state index is 12.6. The summed E-state index contributed by atoms with van der Waals surface area (Å²) in [6, 6.07) is 7.21. The number of sulfonamides is 1. The van der Waals surface area contributed by atoms with Gasteiger partial charge in [-0.25, -0.2) is 13.4 Å². The van der Waals surface area contributed by atoms with Gasteiger partial charge in [0, 0.05) is 6.54 Å². The standard InChI is InChI=1S/C17H23N3O2S/c1-5-8-18-15-6-7-16(19-11-15)20-23(21,22)17-13(3)9-12(2)10-14(17)4/h6-7,9-11,18H,5,8H2,1-4H3,(H,19,20). The lowest BCUT2D eigenvalue weighted by Crippen LogP contribution is -2.16. The third-order valence-electron chi connectivity index (χ3n) is 3.45. The molecule has 2 rings (SSSR count). The van der Waals surface area contributed by atoms with E-state index in [-0.39, 0.29) is 0 Å². The van der Waals surface area contributed by atoms with Gasteiger partial charge in [-0.05, 0) is 50.5 Å². The van der Waals surface area contributed by atoms with Crippen molar-refractivity contribution in [3.8, 4) is 0 Å². The first-order valence-electron chi connectivity index (χ1n) is 7.64. The molecule has 0 aliphatic rings. The normalized spacial score (nSPS) is 11.3. The van der Waals surface area contributed by atoms with Gasteiger partial charge in [0.25, 0.3) is 10.0 Å². The number of hydrogen-bond acceptors (Lipinski definition) is 4. The number of aryl methyl sites for hydroxylation is 3. The monoisotopic (exact) mass is 333 g/mol. The van der Waals surface area contributed by atoms with Crippen LogP contribution in [0.15, 0.2) is 35.4 Å². The number of anilines is 2. The summed E-state index contributed by atoms with van der Waals surface area (Å²) < 4.78 is 27.8. The van der Waals surface area contributed by atoms with E-state index in [1.165, 1.54) is 0 Å². The zero-order chi connectivity index (χ0) is 17.0. The number of nitrogens with one attached hydrogen (secondary N) is 2. The van der Waals surface area contributed by atoms with Crippen molar-refractivity contribution in [3.63, 3.8) is 0 Å². The second kappa shape index (κ2) is 7.00. The lowest BCUT2D eigenvalue weighted by atomic mass is 10.1. The molecule has 0 saturated carbocycles. The summed E-state index contributed by atoms with van der Waals surface area (Å²) in [7, 11) is -3.65. The maximum absolute atomic E-state index is 12.6. The van der Waals surface area contributed by atoms with Gasteiger partial charge < -0.3 is 5.32 Å². The molecule has 0 amide bonds. The fourth-order valence-corrected chi connectivity index (χ4v) is 4.07. The Labute approximate surface area is 138 Å². The number of pyridine rings is 1. The van der Waals surface area contributed by atoms with Crippen LogP contribution >= 0.6 is 0 Å². The fourth-order valence-electron chi connectivity index (χ4n) is 2.61. The van der Waals surface area contributed by atoms with Crippen LogP contribution in [-0.2, 0) is 10.0 Å². The molecule has 6 heteroatoms. The van der Waals surface area contributed by atoms with Crippen molar-refractivity contribution in [1.82, 2.24) is 4.98 Å². The number of nitrogens with zero attached hydrogens (tertiary/aromatic N) is 1. The summed E-state index contributed by atoms with van der Waals surface area (Å²) in [5.41, 5.74) is 3.38. The predicted octanol–water partition coefficient (Wildman–Crippen LogP) is 3.63. The zero-order valence-corrected chi connectivity index (χ0v) is 14.8. The Kier molecular flexibility index (Phi) is 5.26. The van der Waals surface area contributed by atoms with Crippen LogP contribution in [0.5, 0.6) is 0 Å². The molecule has 0 unspecified atom stereocenters. The van der Waals surface area contributed by atoms with Crippen LogP contribution in [0.3, 0.4) is 0 Å². The summed E-state index contributed by atoms with van der Waals surface area (Å²) in [6.45, 7) is 8.50. The topological polar surface area (TPSA) is 71.1 Å². The van der Waals surface area contributed by atoms with E-state index >= 15 is 0 Å². The van der Waals surface area contributed by atoms with E-state index in [1.54, 1.807) is 26.1 Å². The minimum atomic E-state index is -3.65. The van der Waals surface area contributed by atoms with Crippen LogP contribution in [-0.4, -0.2) is 19.9 Å². The van der Waals surface area contributed by atoms with Crippen LogP contribution in [0, 0.1) is 20.8 Å². The molecule has 0 aliphatic carbocycles. The second-order valence-corrected chi connectivity index (χ2v) is 7.31. The number of hydrogen-bond donors (Lipinski definition) is 2. The van der Waals surface area contributed by atoms with Crippen molar-refractivity contribution >= 4 is 21.5 Å². The zero-order valence-electron chi connectivity index (χ0n) is 14.0. The average molecular weight is 333 g/mol. The van der Waals surface area contributed by atoms with E-state index in [0.29, 0.717) is 10.7 Å².